The standard InChI is InChI=1S/C13H18N4/c1-9(2)12-6-7-17(16-12)13-5-4-11(8-15-13)10(3)14/h4-10H,14H2,1-3H3/t10-/m0/s1. The van der Waals surface area contributed by atoms with Crippen LogP contribution in [0.25, 0.3) is 5.82 Å². The monoisotopic (exact) mass is 230 g/mol. The number of rotatable bonds is 3. The highest BCUT2D eigenvalue weighted by atomic mass is 15.3. The second kappa shape index (κ2) is 4.67. The van der Waals surface area contributed by atoms with Gasteiger partial charge in [-0.25, -0.2) is 9.67 Å². The number of hydrogen-bond acceptors (Lipinski definition) is 3. The molecule has 0 radical (unpaired) electrons. The van der Waals surface area contributed by atoms with Crippen molar-refractivity contribution in [2.75, 3.05) is 0 Å². The van der Waals surface area contributed by atoms with Gasteiger partial charge in [-0.2, -0.15) is 5.10 Å². The Labute approximate surface area is 101 Å². The predicted molar refractivity (Wildman–Crippen MR) is 68.1 cm³/mol. The molecular weight excluding hydrogens is 212 g/mol. The van der Waals surface area contributed by atoms with Crippen molar-refractivity contribution >= 4 is 0 Å². The molecule has 2 heterocycles. The lowest BCUT2D eigenvalue weighted by atomic mass is 10.1. The molecule has 0 saturated carbocycles. The first-order chi connectivity index (χ1) is 8.08. The van der Waals surface area contributed by atoms with Crippen molar-refractivity contribution in [1.29, 1.82) is 0 Å². The lowest BCUT2D eigenvalue weighted by Crippen LogP contribution is -2.06. The molecule has 0 amide bonds. The van der Waals surface area contributed by atoms with Crippen LogP contribution in [0.15, 0.2) is 30.6 Å². The molecule has 2 aromatic heterocycles. The van der Waals surface area contributed by atoms with Crippen LogP contribution in [0.2, 0.25) is 0 Å². The van der Waals surface area contributed by atoms with Gasteiger partial charge in [-0.15, -0.1) is 0 Å². The van der Waals surface area contributed by atoms with Crippen LogP contribution in [-0.2, 0) is 0 Å². The Morgan fingerprint density at radius 3 is 2.41 bits per heavy atom. The quantitative estimate of drug-likeness (QED) is 0.881. The Kier molecular flexibility index (Phi) is 3.24. The van der Waals surface area contributed by atoms with Gasteiger partial charge in [0.2, 0.25) is 0 Å². The van der Waals surface area contributed by atoms with Crippen molar-refractivity contribution in [2.24, 2.45) is 5.73 Å². The number of pyridine rings is 1. The SMILES string of the molecule is CC(C)c1ccn(-c2ccc([C@H](C)N)cn2)n1. The van der Waals surface area contributed by atoms with Gasteiger partial charge in [0.1, 0.15) is 0 Å². The molecule has 0 aliphatic heterocycles. The average Bonchev–Trinajstić information content (AvgIpc) is 2.78. The molecule has 17 heavy (non-hydrogen) atoms. The lowest BCUT2D eigenvalue weighted by molar-refractivity contribution is 0.753. The molecule has 90 valence electrons. The minimum absolute atomic E-state index is 0.0143. The molecular formula is C13H18N4. The molecule has 2 N–H and O–H groups in total. The Morgan fingerprint density at radius 2 is 1.94 bits per heavy atom. The molecule has 4 heteroatoms. The van der Waals surface area contributed by atoms with E-state index in [2.05, 4.69) is 23.9 Å². The zero-order chi connectivity index (χ0) is 12.4. The summed E-state index contributed by atoms with van der Waals surface area (Å²) in [6.45, 7) is 6.19. The minimum Gasteiger partial charge on any atom is -0.324 e. The molecule has 0 saturated heterocycles. The highest BCUT2D eigenvalue weighted by Gasteiger charge is 2.06. The van der Waals surface area contributed by atoms with E-state index in [1.807, 2.05) is 31.3 Å². The van der Waals surface area contributed by atoms with Crippen molar-refractivity contribution in [3.63, 3.8) is 0 Å². The van der Waals surface area contributed by atoms with Crippen molar-refractivity contribution in [3.05, 3.63) is 41.9 Å². The van der Waals surface area contributed by atoms with Gasteiger partial charge >= 0.3 is 0 Å². The van der Waals surface area contributed by atoms with Gasteiger partial charge in [-0.3, -0.25) is 0 Å². The third-order valence-electron chi connectivity index (χ3n) is 2.73. The minimum atomic E-state index is 0.0143. The van der Waals surface area contributed by atoms with Gasteiger partial charge in [-0.1, -0.05) is 19.9 Å². The van der Waals surface area contributed by atoms with E-state index >= 15 is 0 Å². The van der Waals surface area contributed by atoms with Gasteiger partial charge in [-0.05, 0) is 30.5 Å². The summed E-state index contributed by atoms with van der Waals surface area (Å²) in [5, 5.41) is 4.48. The molecule has 0 spiro atoms. The first-order valence-electron chi connectivity index (χ1n) is 5.85. The van der Waals surface area contributed by atoms with Crippen LogP contribution < -0.4 is 5.73 Å². The summed E-state index contributed by atoms with van der Waals surface area (Å²) >= 11 is 0. The van der Waals surface area contributed by atoms with E-state index in [1.54, 1.807) is 10.9 Å². The van der Waals surface area contributed by atoms with E-state index in [0.717, 1.165) is 17.1 Å². The van der Waals surface area contributed by atoms with Gasteiger partial charge in [0.25, 0.3) is 0 Å². The van der Waals surface area contributed by atoms with Crippen molar-refractivity contribution < 1.29 is 0 Å². The van der Waals surface area contributed by atoms with E-state index in [9.17, 15) is 0 Å². The molecule has 0 aromatic carbocycles. The van der Waals surface area contributed by atoms with Crippen molar-refractivity contribution in [3.8, 4) is 5.82 Å². The number of nitrogens with zero attached hydrogens (tertiary/aromatic N) is 3. The zero-order valence-corrected chi connectivity index (χ0v) is 10.5. The topological polar surface area (TPSA) is 56.7 Å². The van der Waals surface area contributed by atoms with E-state index in [-0.39, 0.29) is 6.04 Å². The highest BCUT2D eigenvalue weighted by Crippen LogP contribution is 2.14. The van der Waals surface area contributed by atoms with E-state index in [4.69, 9.17) is 5.73 Å². The molecule has 1 atom stereocenters. The fourth-order valence-corrected chi connectivity index (χ4v) is 1.58. The Bertz CT molecular complexity index is 482. The average molecular weight is 230 g/mol. The first-order valence-corrected chi connectivity index (χ1v) is 5.85. The van der Waals surface area contributed by atoms with Crippen LogP contribution in [0.3, 0.4) is 0 Å². The molecule has 2 rings (SSSR count). The summed E-state index contributed by atoms with van der Waals surface area (Å²) in [6, 6.07) is 5.96. The van der Waals surface area contributed by atoms with Gasteiger partial charge in [0.05, 0.1) is 5.69 Å². The summed E-state index contributed by atoms with van der Waals surface area (Å²) in [6.07, 6.45) is 3.74. The molecule has 0 aliphatic carbocycles. The number of hydrogen-bond donors (Lipinski definition) is 1. The van der Waals surface area contributed by atoms with Gasteiger partial charge in [0.15, 0.2) is 5.82 Å². The lowest BCUT2D eigenvalue weighted by Gasteiger charge is -2.06. The molecule has 0 unspecified atom stereocenters. The molecule has 0 fully saturated rings. The second-order valence-corrected chi connectivity index (χ2v) is 4.58. The van der Waals surface area contributed by atoms with E-state index in [1.165, 1.54) is 0 Å². The maximum Gasteiger partial charge on any atom is 0.153 e. The Balaban J connectivity index is 2.27. The Hall–Kier alpha value is -1.68. The van der Waals surface area contributed by atoms with Crippen LogP contribution in [0.1, 0.15) is 44.0 Å². The third kappa shape index (κ3) is 2.53. The smallest absolute Gasteiger partial charge is 0.153 e. The number of nitrogens with two attached hydrogens (primary N) is 1. The van der Waals surface area contributed by atoms with Crippen LogP contribution in [0, 0.1) is 0 Å². The summed E-state index contributed by atoms with van der Waals surface area (Å²) in [5.41, 5.74) is 7.89. The summed E-state index contributed by atoms with van der Waals surface area (Å²) in [4.78, 5) is 4.36. The van der Waals surface area contributed by atoms with Gasteiger partial charge < -0.3 is 5.73 Å². The van der Waals surface area contributed by atoms with Crippen molar-refractivity contribution in [1.82, 2.24) is 14.8 Å². The van der Waals surface area contributed by atoms with Crippen LogP contribution in [0.5, 0.6) is 0 Å². The number of aromatic nitrogens is 3. The molecule has 0 bridgehead atoms. The fourth-order valence-electron chi connectivity index (χ4n) is 1.58. The summed E-state index contributed by atoms with van der Waals surface area (Å²) in [5.74, 6) is 1.25. The summed E-state index contributed by atoms with van der Waals surface area (Å²) in [7, 11) is 0. The predicted octanol–water partition coefficient (Wildman–Crippen LogP) is 2.41. The fraction of sp³-hybridized carbons (Fsp3) is 0.385. The van der Waals surface area contributed by atoms with Crippen LogP contribution in [0.4, 0.5) is 0 Å². The molecule has 2 aromatic rings. The largest absolute Gasteiger partial charge is 0.324 e. The highest BCUT2D eigenvalue weighted by molar-refractivity contribution is 5.26. The normalized spacial score (nSPS) is 13.0. The first kappa shape index (κ1) is 11.8. The molecule has 4 nitrogen and oxygen atoms in total. The maximum absolute atomic E-state index is 5.78. The van der Waals surface area contributed by atoms with Crippen LogP contribution in [-0.4, -0.2) is 14.8 Å². The van der Waals surface area contributed by atoms with E-state index < -0.39 is 0 Å². The molecule has 0 aliphatic rings. The summed E-state index contributed by atoms with van der Waals surface area (Å²) < 4.78 is 1.79. The maximum atomic E-state index is 5.78. The van der Waals surface area contributed by atoms with Crippen molar-refractivity contribution in [2.45, 2.75) is 32.7 Å². The van der Waals surface area contributed by atoms with Gasteiger partial charge in [0, 0.05) is 18.4 Å². The van der Waals surface area contributed by atoms with E-state index in [0.29, 0.717) is 5.92 Å². The third-order valence-corrected chi connectivity index (χ3v) is 2.73. The second-order valence-electron chi connectivity index (χ2n) is 4.58. The van der Waals surface area contributed by atoms with Crippen LogP contribution >= 0.6 is 0 Å². The zero-order valence-electron chi connectivity index (χ0n) is 10.5. The Morgan fingerprint density at radius 1 is 1.18 bits per heavy atom.